The van der Waals surface area contributed by atoms with Gasteiger partial charge in [0.1, 0.15) is 11.5 Å². The summed E-state index contributed by atoms with van der Waals surface area (Å²) >= 11 is 0. The second-order valence-electron chi connectivity index (χ2n) is 8.01. The Balaban J connectivity index is 1.56. The van der Waals surface area contributed by atoms with Crippen molar-refractivity contribution < 1.29 is 12.8 Å². The van der Waals surface area contributed by atoms with Crippen molar-refractivity contribution in [1.82, 2.24) is 23.9 Å². The van der Waals surface area contributed by atoms with E-state index in [2.05, 4.69) is 10.2 Å². The minimum Gasteiger partial charge on any atom is -0.287 e. The molecule has 1 saturated heterocycles. The summed E-state index contributed by atoms with van der Waals surface area (Å²) < 4.78 is 44.9. The monoisotopic (exact) mass is 479 g/mol. The lowest BCUT2D eigenvalue weighted by Gasteiger charge is -2.26. The number of aromatic nitrogens is 4. The average Bonchev–Trinajstić information content (AvgIpc) is 3.35. The van der Waals surface area contributed by atoms with Crippen molar-refractivity contribution in [2.45, 2.75) is 24.2 Å². The molecule has 0 saturated carbocycles. The number of rotatable bonds is 5. The van der Waals surface area contributed by atoms with Gasteiger partial charge in [-0.3, -0.25) is 4.79 Å². The van der Waals surface area contributed by atoms with Gasteiger partial charge in [0, 0.05) is 25.4 Å². The van der Waals surface area contributed by atoms with E-state index in [0.717, 1.165) is 19.3 Å². The first-order valence-electron chi connectivity index (χ1n) is 10.9. The lowest BCUT2D eigenvalue weighted by Crippen LogP contribution is -2.35. The molecule has 0 N–H and O–H groups in total. The van der Waals surface area contributed by atoms with Gasteiger partial charge in [0.15, 0.2) is 5.69 Å². The van der Waals surface area contributed by atoms with Gasteiger partial charge in [-0.25, -0.2) is 22.2 Å². The van der Waals surface area contributed by atoms with E-state index in [9.17, 15) is 17.6 Å². The molecule has 0 bridgehead atoms. The first-order chi connectivity index (χ1) is 16.4. The normalized spacial score (nSPS) is 14.9. The molecule has 1 aliphatic heterocycles. The maximum atomic E-state index is 14.4. The minimum absolute atomic E-state index is 0.0625. The summed E-state index contributed by atoms with van der Waals surface area (Å²) in [7, 11) is -3.63. The zero-order valence-corrected chi connectivity index (χ0v) is 19.0. The standard InChI is InChI=1S/C24H22FN5O3S/c25-20-9-2-3-10-21(20)30-22(11-13-26-30)24-23(31)12-16-29(27-24)18-7-6-8-19(17-18)34(32,33)28-14-4-1-5-15-28/h2-3,6-13,16-17H,1,4-5,14-15H2. The van der Waals surface area contributed by atoms with Gasteiger partial charge in [-0.1, -0.05) is 24.6 Å². The molecule has 8 nitrogen and oxygen atoms in total. The van der Waals surface area contributed by atoms with Crippen LogP contribution in [0.5, 0.6) is 0 Å². The van der Waals surface area contributed by atoms with Crippen molar-refractivity contribution in [2.75, 3.05) is 13.1 Å². The Morgan fingerprint density at radius 1 is 0.912 bits per heavy atom. The molecular formula is C24H22FN5O3S. The Bertz CT molecular complexity index is 1510. The number of para-hydroxylation sites is 1. The molecule has 3 heterocycles. The molecule has 0 aliphatic carbocycles. The molecule has 10 heteroatoms. The van der Waals surface area contributed by atoms with Crippen LogP contribution in [0.1, 0.15) is 19.3 Å². The lowest BCUT2D eigenvalue weighted by atomic mass is 10.2. The van der Waals surface area contributed by atoms with Crippen molar-refractivity contribution >= 4 is 10.0 Å². The maximum Gasteiger partial charge on any atom is 0.243 e. The molecule has 174 valence electrons. The molecule has 0 unspecified atom stereocenters. The van der Waals surface area contributed by atoms with Crippen molar-refractivity contribution in [3.05, 3.63) is 89.1 Å². The van der Waals surface area contributed by atoms with Gasteiger partial charge in [-0.2, -0.15) is 14.5 Å². The number of benzene rings is 2. The Hall–Kier alpha value is -3.63. The molecule has 0 amide bonds. The zero-order chi connectivity index (χ0) is 23.7. The van der Waals surface area contributed by atoms with Crippen LogP contribution in [0.2, 0.25) is 0 Å². The highest BCUT2D eigenvalue weighted by Crippen LogP contribution is 2.24. The van der Waals surface area contributed by atoms with E-state index in [1.165, 1.54) is 38.2 Å². The van der Waals surface area contributed by atoms with Gasteiger partial charge >= 0.3 is 0 Å². The van der Waals surface area contributed by atoms with Gasteiger partial charge in [0.25, 0.3) is 0 Å². The van der Waals surface area contributed by atoms with Gasteiger partial charge < -0.3 is 0 Å². The molecular weight excluding hydrogens is 457 g/mol. The van der Waals surface area contributed by atoms with Crippen molar-refractivity contribution in [1.29, 1.82) is 0 Å². The number of hydrogen-bond donors (Lipinski definition) is 0. The van der Waals surface area contributed by atoms with Gasteiger partial charge in [-0.15, -0.1) is 0 Å². The molecule has 1 fully saturated rings. The van der Waals surface area contributed by atoms with E-state index >= 15 is 0 Å². The van der Waals surface area contributed by atoms with Crippen molar-refractivity contribution in [2.24, 2.45) is 0 Å². The first kappa shape index (κ1) is 22.2. The smallest absolute Gasteiger partial charge is 0.243 e. The van der Waals surface area contributed by atoms with E-state index in [-0.39, 0.29) is 21.7 Å². The summed E-state index contributed by atoms with van der Waals surface area (Å²) in [5.74, 6) is -0.487. The number of sulfonamides is 1. The maximum absolute atomic E-state index is 14.4. The number of halogens is 1. The summed E-state index contributed by atoms with van der Waals surface area (Å²) in [6.07, 6.45) is 5.66. The van der Waals surface area contributed by atoms with Crippen LogP contribution in [0.3, 0.4) is 0 Å². The molecule has 0 atom stereocenters. The highest BCUT2D eigenvalue weighted by Gasteiger charge is 2.26. The number of hydrogen-bond acceptors (Lipinski definition) is 5. The van der Waals surface area contributed by atoms with Crippen LogP contribution in [0.15, 0.2) is 82.7 Å². The average molecular weight is 480 g/mol. The van der Waals surface area contributed by atoms with Crippen molar-refractivity contribution in [3.63, 3.8) is 0 Å². The van der Waals surface area contributed by atoms with Crippen LogP contribution in [-0.2, 0) is 10.0 Å². The number of piperidine rings is 1. The second kappa shape index (κ2) is 8.96. The van der Waals surface area contributed by atoms with Crippen LogP contribution in [0.25, 0.3) is 22.8 Å². The summed E-state index contributed by atoms with van der Waals surface area (Å²) in [6.45, 7) is 1.01. The van der Waals surface area contributed by atoms with E-state index in [0.29, 0.717) is 24.5 Å². The Morgan fingerprint density at radius 2 is 1.71 bits per heavy atom. The van der Waals surface area contributed by atoms with Crippen LogP contribution < -0.4 is 5.43 Å². The lowest BCUT2D eigenvalue weighted by molar-refractivity contribution is 0.346. The molecule has 34 heavy (non-hydrogen) atoms. The van der Waals surface area contributed by atoms with E-state index < -0.39 is 15.8 Å². The molecule has 0 radical (unpaired) electrons. The van der Waals surface area contributed by atoms with Crippen LogP contribution in [0, 0.1) is 5.82 Å². The predicted octanol–water partition coefficient (Wildman–Crippen LogP) is 3.40. The van der Waals surface area contributed by atoms with E-state index in [4.69, 9.17) is 0 Å². The Labute approximate surface area is 195 Å². The molecule has 4 aromatic rings. The SMILES string of the molecule is O=c1ccn(-c2cccc(S(=O)(=O)N3CCCCC3)c2)nc1-c1ccnn1-c1ccccc1F. The Kier molecular flexibility index (Phi) is 5.84. The summed E-state index contributed by atoms with van der Waals surface area (Å²) in [5.41, 5.74) is 0.686. The molecule has 1 aliphatic rings. The van der Waals surface area contributed by atoms with Gasteiger partial charge in [0.2, 0.25) is 15.5 Å². The van der Waals surface area contributed by atoms with E-state index in [1.54, 1.807) is 48.5 Å². The zero-order valence-electron chi connectivity index (χ0n) is 18.2. The third-order valence-electron chi connectivity index (χ3n) is 5.81. The number of nitrogens with zero attached hydrogens (tertiary/aromatic N) is 5. The molecule has 2 aromatic carbocycles. The highest BCUT2D eigenvalue weighted by atomic mass is 32.2. The topological polar surface area (TPSA) is 90.1 Å². The summed E-state index contributed by atoms with van der Waals surface area (Å²) in [4.78, 5) is 12.9. The van der Waals surface area contributed by atoms with Gasteiger partial charge in [0.05, 0.1) is 22.5 Å². The fourth-order valence-corrected chi connectivity index (χ4v) is 5.63. The fourth-order valence-electron chi connectivity index (χ4n) is 4.07. The van der Waals surface area contributed by atoms with Crippen LogP contribution in [-0.4, -0.2) is 45.4 Å². The second-order valence-corrected chi connectivity index (χ2v) is 9.95. The largest absolute Gasteiger partial charge is 0.287 e. The van der Waals surface area contributed by atoms with Crippen LogP contribution >= 0.6 is 0 Å². The quantitative estimate of drug-likeness (QED) is 0.438. The molecule has 2 aromatic heterocycles. The predicted molar refractivity (Wildman–Crippen MR) is 125 cm³/mol. The summed E-state index contributed by atoms with van der Waals surface area (Å²) in [6, 6.07) is 15.5. The minimum atomic E-state index is -3.63. The van der Waals surface area contributed by atoms with E-state index in [1.807, 2.05) is 0 Å². The third kappa shape index (κ3) is 4.06. The van der Waals surface area contributed by atoms with Crippen molar-refractivity contribution in [3.8, 4) is 22.8 Å². The molecule has 0 spiro atoms. The Morgan fingerprint density at radius 3 is 2.50 bits per heavy atom. The fraction of sp³-hybridized carbons (Fsp3) is 0.208. The molecule has 5 rings (SSSR count). The first-order valence-corrected chi connectivity index (χ1v) is 12.4. The third-order valence-corrected chi connectivity index (χ3v) is 7.70. The summed E-state index contributed by atoms with van der Waals surface area (Å²) in [5, 5.41) is 8.62. The van der Waals surface area contributed by atoms with Gasteiger partial charge in [-0.05, 0) is 49.2 Å². The van der Waals surface area contributed by atoms with Crippen LogP contribution in [0.4, 0.5) is 4.39 Å². The highest BCUT2D eigenvalue weighted by molar-refractivity contribution is 7.89.